The van der Waals surface area contributed by atoms with Crippen molar-refractivity contribution in [3.8, 4) is 5.75 Å². The Kier molecular flexibility index (Phi) is 4.11. The molecule has 2 rings (SSSR count). The molecule has 0 spiro atoms. The van der Waals surface area contributed by atoms with Crippen molar-refractivity contribution >= 4 is 15.7 Å². The first-order valence-corrected chi connectivity index (χ1v) is 8.17. The molecule has 0 aliphatic heterocycles. The van der Waals surface area contributed by atoms with E-state index in [2.05, 4.69) is 4.72 Å². The molecular formula is C13H19NO3S. The Balaban J connectivity index is 2.11. The zero-order chi connectivity index (χ0) is 13.0. The maximum atomic E-state index is 11.3. The molecule has 1 fully saturated rings. The van der Waals surface area contributed by atoms with Gasteiger partial charge in [-0.3, -0.25) is 4.72 Å². The third kappa shape index (κ3) is 3.91. The van der Waals surface area contributed by atoms with Crippen LogP contribution in [0.25, 0.3) is 0 Å². The van der Waals surface area contributed by atoms with Gasteiger partial charge in [-0.1, -0.05) is 18.6 Å². The van der Waals surface area contributed by atoms with Crippen LogP contribution in [-0.2, 0) is 10.0 Å². The fourth-order valence-corrected chi connectivity index (χ4v) is 2.78. The average molecular weight is 269 g/mol. The molecule has 0 bridgehead atoms. The molecule has 1 N–H and O–H groups in total. The van der Waals surface area contributed by atoms with Crippen LogP contribution in [0.5, 0.6) is 5.75 Å². The number of para-hydroxylation sites is 2. The standard InChI is InChI=1S/C13H19NO3S/c1-18(15,16)14-12-9-5-6-10-13(12)17-11-7-3-2-4-8-11/h5-6,9-11,14H,2-4,7-8H2,1H3. The SMILES string of the molecule is CS(=O)(=O)Nc1ccccc1OC1CCCCC1. The van der Waals surface area contributed by atoms with Crippen molar-refractivity contribution in [2.45, 2.75) is 38.2 Å². The van der Waals surface area contributed by atoms with Gasteiger partial charge in [-0.2, -0.15) is 0 Å². The quantitative estimate of drug-likeness (QED) is 0.914. The lowest BCUT2D eigenvalue weighted by molar-refractivity contribution is 0.156. The van der Waals surface area contributed by atoms with E-state index in [1.165, 1.54) is 19.3 Å². The normalized spacial score (nSPS) is 17.4. The first kappa shape index (κ1) is 13.2. The van der Waals surface area contributed by atoms with Gasteiger partial charge in [0.05, 0.1) is 18.0 Å². The maximum absolute atomic E-state index is 11.3. The molecule has 1 saturated carbocycles. The third-order valence-corrected chi connectivity index (χ3v) is 3.62. The minimum absolute atomic E-state index is 0.210. The van der Waals surface area contributed by atoms with Crippen molar-refractivity contribution in [3.63, 3.8) is 0 Å². The molecule has 0 aromatic heterocycles. The molecular weight excluding hydrogens is 250 g/mol. The van der Waals surface area contributed by atoms with Gasteiger partial charge >= 0.3 is 0 Å². The van der Waals surface area contributed by atoms with E-state index in [1.807, 2.05) is 12.1 Å². The van der Waals surface area contributed by atoms with E-state index in [0.717, 1.165) is 19.1 Å². The summed E-state index contributed by atoms with van der Waals surface area (Å²) in [5.41, 5.74) is 0.519. The van der Waals surface area contributed by atoms with Gasteiger partial charge in [0.25, 0.3) is 0 Å². The second-order valence-corrected chi connectivity index (χ2v) is 6.50. The van der Waals surface area contributed by atoms with Crippen LogP contribution in [0, 0.1) is 0 Å². The van der Waals surface area contributed by atoms with Gasteiger partial charge in [0, 0.05) is 0 Å². The van der Waals surface area contributed by atoms with E-state index in [-0.39, 0.29) is 6.10 Å². The third-order valence-electron chi connectivity index (χ3n) is 3.03. The molecule has 0 heterocycles. The number of ether oxygens (including phenoxy) is 1. The van der Waals surface area contributed by atoms with Crippen LogP contribution in [-0.4, -0.2) is 20.8 Å². The monoisotopic (exact) mass is 269 g/mol. The maximum Gasteiger partial charge on any atom is 0.229 e. The Hall–Kier alpha value is -1.23. The number of hydrogen-bond acceptors (Lipinski definition) is 3. The highest BCUT2D eigenvalue weighted by Gasteiger charge is 2.17. The van der Waals surface area contributed by atoms with Crippen LogP contribution >= 0.6 is 0 Å². The smallest absolute Gasteiger partial charge is 0.229 e. The minimum atomic E-state index is -3.27. The van der Waals surface area contributed by atoms with E-state index in [0.29, 0.717) is 11.4 Å². The number of rotatable bonds is 4. The summed E-state index contributed by atoms with van der Waals surface area (Å²) in [5.74, 6) is 0.620. The summed E-state index contributed by atoms with van der Waals surface area (Å²) in [5, 5.41) is 0. The van der Waals surface area contributed by atoms with Gasteiger partial charge in [-0.15, -0.1) is 0 Å². The molecule has 5 heteroatoms. The lowest BCUT2D eigenvalue weighted by Crippen LogP contribution is -2.20. The van der Waals surface area contributed by atoms with Crippen LogP contribution < -0.4 is 9.46 Å². The molecule has 1 aliphatic rings. The van der Waals surface area contributed by atoms with Crippen LogP contribution in [0.3, 0.4) is 0 Å². The van der Waals surface area contributed by atoms with E-state index in [4.69, 9.17) is 4.74 Å². The van der Waals surface area contributed by atoms with Crippen LogP contribution in [0.4, 0.5) is 5.69 Å². The highest BCUT2D eigenvalue weighted by atomic mass is 32.2. The van der Waals surface area contributed by atoms with Crippen molar-refractivity contribution in [1.29, 1.82) is 0 Å². The summed E-state index contributed by atoms with van der Waals surface area (Å²) in [4.78, 5) is 0. The predicted octanol–water partition coefficient (Wildman–Crippen LogP) is 2.77. The van der Waals surface area contributed by atoms with E-state index < -0.39 is 10.0 Å². The Labute approximate surface area is 108 Å². The molecule has 18 heavy (non-hydrogen) atoms. The van der Waals surface area contributed by atoms with Crippen molar-refractivity contribution < 1.29 is 13.2 Å². The molecule has 4 nitrogen and oxygen atoms in total. The molecule has 0 saturated heterocycles. The second kappa shape index (κ2) is 5.61. The van der Waals surface area contributed by atoms with E-state index >= 15 is 0 Å². The fourth-order valence-electron chi connectivity index (χ4n) is 2.22. The topological polar surface area (TPSA) is 55.4 Å². The number of anilines is 1. The lowest BCUT2D eigenvalue weighted by Gasteiger charge is -2.24. The van der Waals surface area contributed by atoms with E-state index in [9.17, 15) is 8.42 Å². The zero-order valence-corrected chi connectivity index (χ0v) is 11.4. The Morgan fingerprint density at radius 2 is 1.83 bits per heavy atom. The van der Waals surface area contributed by atoms with Crippen LogP contribution in [0.2, 0.25) is 0 Å². The van der Waals surface area contributed by atoms with E-state index in [1.54, 1.807) is 12.1 Å². The van der Waals surface area contributed by atoms with Gasteiger partial charge in [0.1, 0.15) is 5.75 Å². The first-order chi connectivity index (χ1) is 8.54. The first-order valence-electron chi connectivity index (χ1n) is 6.28. The number of benzene rings is 1. The van der Waals surface area contributed by atoms with Crippen molar-refractivity contribution in [1.82, 2.24) is 0 Å². The summed E-state index contributed by atoms with van der Waals surface area (Å²) in [6.07, 6.45) is 7.09. The summed E-state index contributed by atoms with van der Waals surface area (Å²) in [6.45, 7) is 0. The average Bonchev–Trinajstić information content (AvgIpc) is 2.31. The largest absolute Gasteiger partial charge is 0.488 e. The highest BCUT2D eigenvalue weighted by Crippen LogP contribution is 2.29. The van der Waals surface area contributed by atoms with Crippen molar-refractivity contribution in [2.24, 2.45) is 0 Å². The molecule has 0 atom stereocenters. The summed E-state index contributed by atoms with van der Waals surface area (Å²) in [7, 11) is -3.27. The number of sulfonamides is 1. The zero-order valence-electron chi connectivity index (χ0n) is 10.6. The van der Waals surface area contributed by atoms with Crippen LogP contribution in [0.1, 0.15) is 32.1 Å². The van der Waals surface area contributed by atoms with Gasteiger partial charge in [0.15, 0.2) is 0 Å². The van der Waals surface area contributed by atoms with Gasteiger partial charge in [-0.05, 0) is 37.8 Å². The summed E-state index contributed by atoms with van der Waals surface area (Å²) < 4.78 is 30.9. The van der Waals surface area contributed by atoms with Crippen molar-refractivity contribution in [2.75, 3.05) is 11.0 Å². The Morgan fingerprint density at radius 1 is 1.17 bits per heavy atom. The van der Waals surface area contributed by atoms with Gasteiger partial charge in [0.2, 0.25) is 10.0 Å². The lowest BCUT2D eigenvalue weighted by atomic mass is 9.98. The predicted molar refractivity (Wildman–Crippen MR) is 72.4 cm³/mol. The number of nitrogens with one attached hydrogen (secondary N) is 1. The van der Waals surface area contributed by atoms with Gasteiger partial charge in [-0.25, -0.2) is 8.42 Å². The van der Waals surface area contributed by atoms with Crippen molar-refractivity contribution in [3.05, 3.63) is 24.3 Å². The fraction of sp³-hybridized carbons (Fsp3) is 0.538. The Morgan fingerprint density at radius 3 is 2.50 bits per heavy atom. The molecule has 0 radical (unpaired) electrons. The number of hydrogen-bond donors (Lipinski definition) is 1. The Bertz CT molecular complexity index is 493. The molecule has 0 unspecified atom stereocenters. The highest BCUT2D eigenvalue weighted by molar-refractivity contribution is 7.92. The molecule has 0 amide bonds. The molecule has 100 valence electrons. The molecule has 1 aliphatic carbocycles. The minimum Gasteiger partial charge on any atom is -0.488 e. The summed E-state index contributed by atoms with van der Waals surface area (Å²) >= 11 is 0. The second-order valence-electron chi connectivity index (χ2n) is 4.75. The molecule has 1 aromatic rings. The van der Waals surface area contributed by atoms with Gasteiger partial charge < -0.3 is 4.74 Å². The summed E-state index contributed by atoms with van der Waals surface area (Å²) in [6, 6.07) is 7.17. The molecule has 1 aromatic carbocycles. The van der Waals surface area contributed by atoms with Crippen LogP contribution in [0.15, 0.2) is 24.3 Å².